The molecule has 0 unspecified atom stereocenters. The van der Waals surface area contributed by atoms with E-state index in [1.165, 1.54) is 10.9 Å². The molecule has 146 valence electrons. The number of hydrogen-bond donors (Lipinski definition) is 2. The Morgan fingerprint density at radius 3 is 2.64 bits per heavy atom. The number of rotatable bonds is 3. The zero-order valence-corrected chi connectivity index (χ0v) is 16.1. The summed E-state index contributed by atoms with van der Waals surface area (Å²) >= 11 is 0. The van der Waals surface area contributed by atoms with Crippen LogP contribution in [0.2, 0.25) is 0 Å². The van der Waals surface area contributed by atoms with Crippen molar-refractivity contribution < 1.29 is 10.2 Å². The van der Waals surface area contributed by atoms with Gasteiger partial charge in [0, 0.05) is 31.9 Å². The SMILES string of the molecule is Cn1cnc2cc(-c3ccc(C(C)(C)O)nc3)nc(N3CC[C@@H](O)C3)c2c1=O. The van der Waals surface area contributed by atoms with Gasteiger partial charge in [0.1, 0.15) is 16.8 Å². The summed E-state index contributed by atoms with van der Waals surface area (Å²) in [5, 5.41) is 20.5. The average Bonchev–Trinajstić information content (AvgIpc) is 3.09. The van der Waals surface area contributed by atoms with E-state index in [2.05, 4.69) is 9.97 Å². The molecule has 4 heterocycles. The van der Waals surface area contributed by atoms with Gasteiger partial charge in [-0.25, -0.2) is 9.97 Å². The van der Waals surface area contributed by atoms with E-state index in [0.717, 1.165) is 5.56 Å². The highest BCUT2D eigenvalue weighted by Crippen LogP contribution is 2.29. The van der Waals surface area contributed by atoms with E-state index in [9.17, 15) is 15.0 Å². The third kappa shape index (κ3) is 3.25. The maximum Gasteiger partial charge on any atom is 0.264 e. The lowest BCUT2D eigenvalue weighted by molar-refractivity contribution is 0.0739. The lowest BCUT2D eigenvalue weighted by Crippen LogP contribution is -2.26. The fraction of sp³-hybridized carbons (Fsp3) is 0.400. The summed E-state index contributed by atoms with van der Waals surface area (Å²) in [5.41, 5.74) is 1.32. The quantitative estimate of drug-likeness (QED) is 0.702. The number of nitrogens with zero attached hydrogens (tertiary/aromatic N) is 5. The van der Waals surface area contributed by atoms with Crippen LogP contribution in [0.5, 0.6) is 0 Å². The van der Waals surface area contributed by atoms with E-state index >= 15 is 0 Å². The van der Waals surface area contributed by atoms with Crippen molar-refractivity contribution in [2.24, 2.45) is 7.05 Å². The molecule has 2 N–H and O–H groups in total. The van der Waals surface area contributed by atoms with Gasteiger partial charge in [0.25, 0.3) is 5.56 Å². The van der Waals surface area contributed by atoms with Gasteiger partial charge in [0.2, 0.25) is 0 Å². The molecule has 1 fully saturated rings. The summed E-state index contributed by atoms with van der Waals surface area (Å²) < 4.78 is 1.43. The van der Waals surface area contributed by atoms with E-state index in [0.29, 0.717) is 47.6 Å². The average molecular weight is 381 g/mol. The molecule has 8 nitrogen and oxygen atoms in total. The van der Waals surface area contributed by atoms with E-state index in [1.807, 2.05) is 11.0 Å². The first-order chi connectivity index (χ1) is 13.2. The summed E-state index contributed by atoms with van der Waals surface area (Å²) in [6, 6.07) is 5.38. The molecular weight excluding hydrogens is 358 g/mol. The first kappa shape index (κ1) is 18.5. The number of pyridine rings is 2. The number of β-amino-alcohol motifs (C(OH)–C–C–N with tert-alkyl or cyclic N) is 1. The van der Waals surface area contributed by atoms with Crippen molar-refractivity contribution in [3.05, 3.63) is 46.8 Å². The van der Waals surface area contributed by atoms with Crippen LogP contribution in [0.1, 0.15) is 26.0 Å². The van der Waals surface area contributed by atoms with E-state index in [4.69, 9.17) is 4.98 Å². The fourth-order valence-corrected chi connectivity index (χ4v) is 3.42. The van der Waals surface area contributed by atoms with E-state index < -0.39 is 11.7 Å². The first-order valence-corrected chi connectivity index (χ1v) is 9.23. The van der Waals surface area contributed by atoms with Crippen molar-refractivity contribution in [1.29, 1.82) is 0 Å². The van der Waals surface area contributed by atoms with Crippen LogP contribution in [0.25, 0.3) is 22.2 Å². The summed E-state index contributed by atoms with van der Waals surface area (Å²) in [6.45, 7) is 4.42. The Morgan fingerprint density at radius 2 is 2.04 bits per heavy atom. The Bertz CT molecular complexity index is 1090. The second-order valence-electron chi connectivity index (χ2n) is 7.77. The fourth-order valence-electron chi connectivity index (χ4n) is 3.42. The monoisotopic (exact) mass is 381 g/mol. The van der Waals surface area contributed by atoms with Crippen LogP contribution in [0.4, 0.5) is 5.82 Å². The molecule has 3 aromatic heterocycles. The third-order valence-corrected chi connectivity index (χ3v) is 5.03. The van der Waals surface area contributed by atoms with Crippen LogP contribution in [-0.4, -0.2) is 48.9 Å². The number of aromatic nitrogens is 4. The summed E-state index contributed by atoms with van der Waals surface area (Å²) in [4.78, 5) is 28.2. The first-order valence-electron chi connectivity index (χ1n) is 9.23. The zero-order chi connectivity index (χ0) is 20.1. The van der Waals surface area contributed by atoms with Crippen LogP contribution in [0, 0.1) is 0 Å². The molecule has 0 radical (unpaired) electrons. The molecular formula is C20H23N5O3. The van der Waals surface area contributed by atoms with Crippen molar-refractivity contribution in [2.75, 3.05) is 18.0 Å². The van der Waals surface area contributed by atoms with Gasteiger partial charge in [-0.3, -0.25) is 9.78 Å². The van der Waals surface area contributed by atoms with Gasteiger partial charge >= 0.3 is 0 Å². The minimum absolute atomic E-state index is 0.170. The molecule has 0 aliphatic carbocycles. The lowest BCUT2D eigenvalue weighted by atomic mass is 10.0. The smallest absolute Gasteiger partial charge is 0.264 e. The minimum Gasteiger partial charge on any atom is -0.391 e. The molecule has 0 spiro atoms. The molecule has 0 saturated carbocycles. The van der Waals surface area contributed by atoms with Crippen LogP contribution in [0.15, 0.2) is 35.5 Å². The summed E-state index contributed by atoms with van der Waals surface area (Å²) in [5.74, 6) is 0.532. The van der Waals surface area contributed by atoms with Crippen LogP contribution in [0.3, 0.4) is 0 Å². The highest BCUT2D eigenvalue weighted by atomic mass is 16.3. The maximum atomic E-state index is 12.7. The molecule has 4 rings (SSSR count). The van der Waals surface area contributed by atoms with Gasteiger partial charge in [0.05, 0.1) is 29.3 Å². The molecule has 1 atom stereocenters. The van der Waals surface area contributed by atoms with E-state index in [1.54, 1.807) is 39.2 Å². The predicted molar refractivity (Wildman–Crippen MR) is 106 cm³/mol. The summed E-state index contributed by atoms with van der Waals surface area (Å²) in [7, 11) is 1.66. The molecule has 1 saturated heterocycles. The topological polar surface area (TPSA) is 104 Å². The number of aliphatic hydroxyl groups excluding tert-OH is 1. The van der Waals surface area contributed by atoms with Gasteiger partial charge < -0.3 is 19.7 Å². The summed E-state index contributed by atoms with van der Waals surface area (Å²) in [6.07, 6.45) is 3.35. The molecule has 28 heavy (non-hydrogen) atoms. The largest absolute Gasteiger partial charge is 0.391 e. The Morgan fingerprint density at radius 1 is 1.25 bits per heavy atom. The standard InChI is InChI=1S/C20H23N5O3/c1-20(2,28)16-5-4-12(9-21-16)14-8-15-17(19(27)24(3)11-22-15)18(23-14)25-7-6-13(26)10-25/h4-5,8-9,11,13,26,28H,6-7,10H2,1-3H3/t13-/m1/s1. The third-order valence-electron chi connectivity index (χ3n) is 5.03. The second-order valence-corrected chi connectivity index (χ2v) is 7.77. The van der Waals surface area contributed by atoms with Crippen LogP contribution >= 0.6 is 0 Å². The molecule has 0 bridgehead atoms. The highest BCUT2D eigenvalue weighted by Gasteiger charge is 2.25. The maximum absolute atomic E-state index is 12.7. The van der Waals surface area contributed by atoms with Gasteiger partial charge in [0.15, 0.2) is 0 Å². The second kappa shape index (κ2) is 6.65. The lowest BCUT2D eigenvalue weighted by Gasteiger charge is -2.20. The number of hydrogen-bond acceptors (Lipinski definition) is 7. The highest BCUT2D eigenvalue weighted by molar-refractivity contribution is 5.91. The molecule has 1 aliphatic rings. The van der Waals surface area contributed by atoms with Gasteiger partial charge in [-0.1, -0.05) is 0 Å². The van der Waals surface area contributed by atoms with Crippen molar-refractivity contribution in [3.63, 3.8) is 0 Å². The van der Waals surface area contributed by atoms with Crippen molar-refractivity contribution in [2.45, 2.75) is 32.0 Å². The Kier molecular flexibility index (Phi) is 4.40. The molecule has 8 heteroatoms. The Balaban J connectivity index is 1.89. The van der Waals surface area contributed by atoms with Crippen molar-refractivity contribution >= 4 is 16.7 Å². The Labute approximate surface area is 162 Å². The molecule has 3 aromatic rings. The number of aliphatic hydroxyl groups is 2. The minimum atomic E-state index is -1.03. The van der Waals surface area contributed by atoms with Gasteiger partial charge in [-0.15, -0.1) is 0 Å². The Hall–Kier alpha value is -2.84. The van der Waals surface area contributed by atoms with Crippen molar-refractivity contribution in [3.8, 4) is 11.3 Å². The number of anilines is 1. The van der Waals surface area contributed by atoms with Crippen LogP contribution < -0.4 is 10.5 Å². The van der Waals surface area contributed by atoms with Crippen LogP contribution in [-0.2, 0) is 12.6 Å². The normalized spacial score (nSPS) is 17.5. The van der Waals surface area contributed by atoms with Gasteiger partial charge in [-0.05, 0) is 38.5 Å². The van der Waals surface area contributed by atoms with E-state index in [-0.39, 0.29) is 5.56 Å². The van der Waals surface area contributed by atoms with Crippen molar-refractivity contribution in [1.82, 2.24) is 19.5 Å². The predicted octanol–water partition coefficient (Wildman–Crippen LogP) is 1.19. The molecule has 1 aliphatic heterocycles. The molecule has 0 aromatic carbocycles. The number of aryl methyl sites for hydroxylation is 1. The number of fused-ring (bicyclic) bond motifs is 1. The zero-order valence-electron chi connectivity index (χ0n) is 16.1. The molecule has 0 amide bonds. The van der Waals surface area contributed by atoms with Gasteiger partial charge in [-0.2, -0.15) is 0 Å².